The molecule has 0 aromatic carbocycles. The van der Waals surface area contributed by atoms with Gasteiger partial charge in [-0.3, -0.25) is 19.1 Å². The molecule has 27 heavy (non-hydrogen) atoms. The predicted molar refractivity (Wildman–Crippen MR) is 103 cm³/mol. The lowest BCUT2D eigenvalue weighted by molar-refractivity contribution is -0.845. The van der Waals surface area contributed by atoms with Crippen LogP contribution in [0.25, 0.3) is 0 Å². The molecule has 0 bridgehead atoms. The molecular weight excluding hydrogens is 338 g/mol. The molecule has 0 aromatic rings. The molecule has 2 atom stereocenters. The lowest BCUT2D eigenvalue weighted by atomic mass is 9.80. The van der Waals surface area contributed by atoms with Crippen LogP contribution in [0, 0.1) is 11.8 Å². The van der Waals surface area contributed by atoms with Crippen molar-refractivity contribution in [3.05, 3.63) is 47.2 Å². The molecule has 0 N–H and O–H groups in total. The highest BCUT2D eigenvalue weighted by atomic mass is 16.2. The van der Waals surface area contributed by atoms with Gasteiger partial charge in [-0.2, -0.15) is 0 Å². The standard InChI is InChI=1S/C22H26N3O2/c1-14(2)12-25-8-4-3-5-16(25)10-24-11-19-17(9-15(24)13-25)21-18(23-19)6-7-20(26)22(21)27/h3,5,10,13-14,17H,4,6-9,11-12H2,1-2H3/q+1. The van der Waals surface area contributed by atoms with Crippen LogP contribution in [0.4, 0.5) is 0 Å². The van der Waals surface area contributed by atoms with Crippen molar-refractivity contribution in [3.63, 3.8) is 0 Å². The minimum absolute atomic E-state index is 0.00799. The van der Waals surface area contributed by atoms with Crippen molar-refractivity contribution in [2.24, 2.45) is 16.8 Å². The van der Waals surface area contributed by atoms with Crippen molar-refractivity contribution in [2.45, 2.75) is 39.5 Å². The Labute approximate surface area is 160 Å². The largest absolute Gasteiger partial charge is 0.336 e. The van der Waals surface area contributed by atoms with E-state index in [1.165, 1.54) is 11.4 Å². The monoisotopic (exact) mass is 364 g/mol. The van der Waals surface area contributed by atoms with E-state index in [1.54, 1.807) is 0 Å². The minimum atomic E-state index is -0.284. The average molecular weight is 364 g/mol. The number of aliphatic imine (C=N–C) groups is 1. The molecule has 0 spiro atoms. The highest BCUT2D eigenvalue weighted by Crippen LogP contribution is 2.43. The molecule has 0 saturated carbocycles. The first-order valence-electron chi connectivity index (χ1n) is 10.1. The summed E-state index contributed by atoms with van der Waals surface area (Å²) >= 11 is 0. The molecule has 1 saturated heterocycles. The van der Waals surface area contributed by atoms with Crippen LogP contribution in [0.5, 0.6) is 0 Å². The van der Waals surface area contributed by atoms with Crippen LogP contribution in [-0.2, 0) is 9.59 Å². The van der Waals surface area contributed by atoms with Crippen molar-refractivity contribution in [1.82, 2.24) is 4.90 Å². The van der Waals surface area contributed by atoms with E-state index < -0.39 is 0 Å². The van der Waals surface area contributed by atoms with E-state index in [0.717, 1.165) is 48.4 Å². The average Bonchev–Trinajstić information content (AvgIpc) is 2.98. The Balaban J connectivity index is 1.52. The van der Waals surface area contributed by atoms with Crippen LogP contribution in [0.2, 0.25) is 0 Å². The molecule has 0 amide bonds. The molecule has 0 aromatic heterocycles. The molecule has 5 heteroatoms. The van der Waals surface area contributed by atoms with Crippen molar-refractivity contribution in [2.75, 3.05) is 19.6 Å². The molecule has 5 nitrogen and oxygen atoms in total. The van der Waals surface area contributed by atoms with Crippen LogP contribution in [-0.4, -0.2) is 46.3 Å². The van der Waals surface area contributed by atoms with Crippen LogP contribution < -0.4 is 0 Å². The highest BCUT2D eigenvalue weighted by Gasteiger charge is 2.46. The van der Waals surface area contributed by atoms with E-state index in [9.17, 15) is 9.59 Å². The van der Waals surface area contributed by atoms with Crippen LogP contribution in [0.3, 0.4) is 0 Å². The van der Waals surface area contributed by atoms with Gasteiger partial charge in [0.05, 0.1) is 31.5 Å². The fourth-order valence-electron chi connectivity index (χ4n) is 5.31. The number of Topliss-reactive ketones (excluding diaryl/α,β-unsaturated/α-hetero) is 2. The van der Waals surface area contributed by atoms with Crippen LogP contribution >= 0.6 is 0 Å². The number of fused-ring (bicyclic) bond motifs is 4. The maximum atomic E-state index is 12.5. The molecular formula is C22H26N3O2+. The molecule has 0 radical (unpaired) electrons. The van der Waals surface area contributed by atoms with Crippen molar-refractivity contribution >= 4 is 17.3 Å². The van der Waals surface area contributed by atoms with E-state index in [-0.39, 0.29) is 17.5 Å². The number of carbonyl (C=O) groups excluding carboxylic acids is 2. The maximum absolute atomic E-state index is 12.5. The number of hydrogen-bond acceptors (Lipinski definition) is 4. The summed E-state index contributed by atoms with van der Waals surface area (Å²) in [5, 5.41) is 0. The second kappa shape index (κ2) is 5.86. The smallest absolute Gasteiger partial charge is 0.227 e. The molecule has 5 aliphatic rings. The Morgan fingerprint density at radius 3 is 2.96 bits per heavy atom. The summed E-state index contributed by atoms with van der Waals surface area (Å²) in [5.41, 5.74) is 5.25. The van der Waals surface area contributed by atoms with Crippen LogP contribution in [0.15, 0.2) is 52.2 Å². The zero-order valence-corrected chi connectivity index (χ0v) is 16.1. The van der Waals surface area contributed by atoms with E-state index in [0.29, 0.717) is 24.3 Å². The number of rotatable bonds is 2. The van der Waals surface area contributed by atoms with E-state index in [1.807, 2.05) is 0 Å². The SMILES string of the molecule is CC(C)C[N+]12C=C3CC4C(=NC5=C4C(=O)C(=O)CC5)CN3C=C1C=CCC2. The summed E-state index contributed by atoms with van der Waals surface area (Å²) in [6.45, 7) is 7.46. The maximum Gasteiger partial charge on any atom is 0.227 e. The molecule has 4 heterocycles. The first kappa shape index (κ1) is 16.9. The van der Waals surface area contributed by atoms with E-state index in [4.69, 9.17) is 4.99 Å². The second-order valence-electron chi connectivity index (χ2n) is 8.80. The Bertz CT molecular complexity index is 903. The number of hydrogen-bond donors (Lipinski definition) is 0. The number of carbonyl (C=O) groups is 2. The molecule has 4 aliphatic heterocycles. The number of quaternary nitrogens is 1. The third kappa shape index (κ3) is 2.52. The Morgan fingerprint density at radius 1 is 1.30 bits per heavy atom. The Kier molecular flexibility index (Phi) is 3.66. The van der Waals surface area contributed by atoms with Gasteiger partial charge in [-0.25, -0.2) is 0 Å². The van der Waals surface area contributed by atoms with Gasteiger partial charge >= 0.3 is 0 Å². The first-order valence-corrected chi connectivity index (χ1v) is 10.1. The molecule has 1 aliphatic carbocycles. The topological polar surface area (TPSA) is 49.7 Å². The number of piperidine rings is 1. The molecule has 1 fully saturated rings. The number of ketones is 2. The van der Waals surface area contributed by atoms with Crippen molar-refractivity contribution in [3.8, 4) is 0 Å². The van der Waals surface area contributed by atoms with Crippen LogP contribution in [0.1, 0.15) is 39.5 Å². The van der Waals surface area contributed by atoms with Gasteiger partial charge in [-0.15, -0.1) is 0 Å². The second-order valence-corrected chi connectivity index (χ2v) is 8.80. The lowest BCUT2D eigenvalue weighted by Gasteiger charge is -2.45. The lowest BCUT2D eigenvalue weighted by Crippen LogP contribution is -2.51. The zero-order chi connectivity index (χ0) is 18.8. The van der Waals surface area contributed by atoms with Gasteiger partial charge in [0.1, 0.15) is 6.20 Å². The number of nitrogens with zero attached hydrogens (tertiary/aromatic N) is 3. The molecule has 2 unspecified atom stereocenters. The summed E-state index contributed by atoms with van der Waals surface area (Å²) in [5.74, 6) is 0.0842. The Hall–Kier alpha value is -2.27. The fraction of sp³-hybridized carbons (Fsp3) is 0.500. The van der Waals surface area contributed by atoms with Gasteiger partial charge in [-0.05, 0) is 12.5 Å². The van der Waals surface area contributed by atoms with Crippen molar-refractivity contribution < 1.29 is 14.1 Å². The summed E-state index contributed by atoms with van der Waals surface area (Å²) < 4.78 is 0.901. The normalized spacial score (nSPS) is 31.9. The number of allylic oxidation sites excluding steroid dienone is 4. The minimum Gasteiger partial charge on any atom is -0.336 e. The zero-order valence-electron chi connectivity index (χ0n) is 16.1. The van der Waals surface area contributed by atoms with Gasteiger partial charge in [0.25, 0.3) is 0 Å². The predicted octanol–water partition coefficient (Wildman–Crippen LogP) is 3.08. The summed E-state index contributed by atoms with van der Waals surface area (Å²) in [6.07, 6.45) is 12.1. The fourth-order valence-corrected chi connectivity index (χ4v) is 5.31. The summed E-state index contributed by atoms with van der Waals surface area (Å²) in [4.78, 5) is 31.6. The van der Waals surface area contributed by atoms with Gasteiger partial charge in [0.2, 0.25) is 11.6 Å². The van der Waals surface area contributed by atoms with Gasteiger partial charge < -0.3 is 4.90 Å². The summed E-state index contributed by atoms with van der Waals surface area (Å²) in [7, 11) is 0. The molecule has 5 rings (SSSR count). The Morgan fingerprint density at radius 2 is 2.15 bits per heavy atom. The third-order valence-electron chi connectivity index (χ3n) is 6.41. The van der Waals surface area contributed by atoms with E-state index >= 15 is 0 Å². The highest BCUT2D eigenvalue weighted by molar-refractivity contribution is 6.45. The summed E-state index contributed by atoms with van der Waals surface area (Å²) in [6, 6.07) is 0. The van der Waals surface area contributed by atoms with Gasteiger partial charge in [0.15, 0.2) is 5.70 Å². The van der Waals surface area contributed by atoms with Crippen molar-refractivity contribution in [1.29, 1.82) is 0 Å². The quantitative estimate of drug-likeness (QED) is 0.559. The van der Waals surface area contributed by atoms with Gasteiger partial charge in [-0.1, -0.05) is 19.9 Å². The van der Waals surface area contributed by atoms with Gasteiger partial charge in [0, 0.05) is 48.1 Å². The first-order chi connectivity index (χ1) is 13.0. The van der Waals surface area contributed by atoms with E-state index in [2.05, 4.69) is 43.3 Å². The molecule has 140 valence electrons. The third-order valence-corrected chi connectivity index (χ3v) is 6.41.